The number of carbonyl (C=O) groups excluding carboxylic acids is 2. The zero-order chi connectivity index (χ0) is 21.1. The maximum absolute atomic E-state index is 13.1. The number of Topliss-reactive ketones (excluding diaryl/α,β-unsaturated/α-hetero) is 1. The third kappa shape index (κ3) is 4.43. The van der Waals surface area contributed by atoms with Crippen molar-refractivity contribution in [2.75, 3.05) is 26.2 Å². The van der Waals surface area contributed by atoms with Crippen LogP contribution in [0.25, 0.3) is 0 Å². The van der Waals surface area contributed by atoms with E-state index in [2.05, 4.69) is 9.89 Å². The van der Waals surface area contributed by atoms with Gasteiger partial charge in [0, 0.05) is 23.7 Å². The largest absolute Gasteiger partial charge is 0.303 e. The van der Waals surface area contributed by atoms with E-state index in [0.29, 0.717) is 12.1 Å². The smallest absolute Gasteiger partial charge is 0.237 e. The van der Waals surface area contributed by atoms with E-state index in [1.807, 2.05) is 25.2 Å². The van der Waals surface area contributed by atoms with Gasteiger partial charge in [-0.1, -0.05) is 12.2 Å². The van der Waals surface area contributed by atoms with Crippen molar-refractivity contribution < 1.29 is 14.0 Å². The molecule has 1 atom stereocenters. The van der Waals surface area contributed by atoms with Crippen molar-refractivity contribution >= 4 is 17.4 Å². The van der Waals surface area contributed by atoms with Crippen molar-refractivity contribution in [3.8, 4) is 0 Å². The number of ketones is 1. The standard InChI is InChI=1S/C24H28FN3O2/c1-17-21(24(30)28-14-3-2-6-22(28)26-17)5-4-13-27-15-11-19(12-16-27)23(29)18-7-9-20(25)10-8-18/h2-3,6-10,19,21H,4-5,11-16H2,1H3. The number of hydrogen-bond donors (Lipinski definition) is 0. The number of aliphatic imine (C=N–C) groups is 1. The summed E-state index contributed by atoms with van der Waals surface area (Å²) < 4.78 is 13.1. The molecule has 0 aliphatic carbocycles. The van der Waals surface area contributed by atoms with E-state index < -0.39 is 0 Å². The number of piperidine rings is 1. The minimum absolute atomic E-state index is 0.0124. The van der Waals surface area contributed by atoms with E-state index >= 15 is 0 Å². The van der Waals surface area contributed by atoms with Gasteiger partial charge in [-0.3, -0.25) is 14.5 Å². The number of rotatable bonds is 6. The third-order valence-corrected chi connectivity index (χ3v) is 6.36. The number of allylic oxidation sites excluding steroid dienone is 2. The molecule has 1 amide bonds. The average Bonchev–Trinajstić information content (AvgIpc) is 2.76. The first kappa shape index (κ1) is 20.7. The lowest BCUT2D eigenvalue weighted by atomic mass is 9.88. The van der Waals surface area contributed by atoms with Crippen LogP contribution in [0.4, 0.5) is 4.39 Å². The molecule has 0 spiro atoms. The van der Waals surface area contributed by atoms with Gasteiger partial charge in [-0.25, -0.2) is 9.38 Å². The maximum atomic E-state index is 13.1. The SMILES string of the molecule is CC1=NC2=CC=CCN2C(=O)C1CCCN1CCC(C(=O)c2ccc(F)cc2)CC1. The number of amides is 1. The van der Waals surface area contributed by atoms with Crippen molar-refractivity contribution in [1.82, 2.24) is 9.80 Å². The molecule has 0 aromatic heterocycles. The van der Waals surface area contributed by atoms with E-state index in [1.54, 1.807) is 17.0 Å². The Balaban J connectivity index is 1.24. The van der Waals surface area contributed by atoms with Crippen LogP contribution in [-0.2, 0) is 4.79 Å². The van der Waals surface area contributed by atoms with E-state index in [9.17, 15) is 14.0 Å². The van der Waals surface area contributed by atoms with Crippen LogP contribution in [0, 0.1) is 17.7 Å². The van der Waals surface area contributed by atoms with Crippen molar-refractivity contribution in [2.24, 2.45) is 16.8 Å². The number of halogens is 1. The molecule has 0 saturated carbocycles. The summed E-state index contributed by atoms with van der Waals surface area (Å²) in [6.07, 6.45) is 9.20. The van der Waals surface area contributed by atoms with E-state index in [-0.39, 0.29) is 29.3 Å². The Hall–Kier alpha value is -2.60. The fraction of sp³-hybridized carbons (Fsp3) is 0.458. The van der Waals surface area contributed by atoms with Crippen molar-refractivity contribution in [1.29, 1.82) is 0 Å². The Kier molecular flexibility index (Phi) is 6.23. The molecule has 4 rings (SSSR count). The summed E-state index contributed by atoms with van der Waals surface area (Å²) in [5, 5.41) is 0. The van der Waals surface area contributed by atoms with Crippen LogP contribution in [0.2, 0.25) is 0 Å². The lowest BCUT2D eigenvalue weighted by Crippen LogP contribution is -2.43. The van der Waals surface area contributed by atoms with Crippen molar-refractivity contribution in [3.05, 3.63) is 59.7 Å². The highest BCUT2D eigenvalue weighted by atomic mass is 19.1. The summed E-state index contributed by atoms with van der Waals surface area (Å²) in [7, 11) is 0. The molecule has 3 aliphatic rings. The number of carbonyl (C=O) groups is 2. The quantitative estimate of drug-likeness (QED) is 0.671. The molecule has 5 nitrogen and oxygen atoms in total. The van der Waals surface area contributed by atoms with Gasteiger partial charge in [-0.2, -0.15) is 0 Å². The van der Waals surface area contributed by atoms with E-state index in [4.69, 9.17) is 0 Å². The number of likely N-dealkylation sites (tertiary alicyclic amines) is 1. The Bertz CT molecular complexity index is 896. The molecule has 1 fully saturated rings. The molecule has 1 saturated heterocycles. The molecule has 3 heterocycles. The first-order chi connectivity index (χ1) is 14.5. The molecule has 0 bridgehead atoms. The second-order valence-electron chi connectivity index (χ2n) is 8.34. The van der Waals surface area contributed by atoms with Crippen LogP contribution in [-0.4, -0.2) is 53.4 Å². The molecule has 1 unspecified atom stereocenters. The van der Waals surface area contributed by atoms with Gasteiger partial charge in [0.2, 0.25) is 5.91 Å². The Labute approximate surface area is 177 Å². The summed E-state index contributed by atoms with van der Waals surface area (Å²) in [5.74, 6) is 0.589. The van der Waals surface area contributed by atoms with Gasteiger partial charge in [0.1, 0.15) is 11.6 Å². The monoisotopic (exact) mass is 409 g/mol. The molecule has 3 aliphatic heterocycles. The molecule has 1 aromatic carbocycles. The van der Waals surface area contributed by atoms with Gasteiger partial charge in [0.05, 0.1) is 5.92 Å². The Morgan fingerprint density at radius 3 is 2.67 bits per heavy atom. The zero-order valence-electron chi connectivity index (χ0n) is 17.4. The predicted octanol–water partition coefficient (Wildman–Crippen LogP) is 3.83. The Morgan fingerprint density at radius 2 is 1.93 bits per heavy atom. The number of benzene rings is 1. The van der Waals surface area contributed by atoms with Gasteiger partial charge in [-0.05, 0) is 82.6 Å². The summed E-state index contributed by atoms with van der Waals surface area (Å²) in [6, 6.07) is 5.85. The van der Waals surface area contributed by atoms with Crippen LogP contribution in [0.3, 0.4) is 0 Å². The van der Waals surface area contributed by atoms with Crippen LogP contribution in [0.1, 0.15) is 43.0 Å². The van der Waals surface area contributed by atoms with Crippen LogP contribution >= 0.6 is 0 Å². The fourth-order valence-electron chi connectivity index (χ4n) is 4.55. The van der Waals surface area contributed by atoms with Crippen molar-refractivity contribution in [3.63, 3.8) is 0 Å². The summed E-state index contributed by atoms with van der Waals surface area (Å²) in [5.41, 5.74) is 1.50. The molecular weight excluding hydrogens is 381 g/mol. The molecule has 30 heavy (non-hydrogen) atoms. The van der Waals surface area contributed by atoms with Crippen LogP contribution in [0.5, 0.6) is 0 Å². The molecule has 0 radical (unpaired) electrons. The minimum Gasteiger partial charge on any atom is -0.303 e. The lowest BCUT2D eigenvalue weighted by molar-refractivity contribution is -0.131. The topological polar surface area (TPSA) is 53.0 Å². The fourth-order valence-corrected chi connectivity index (χ4v) is 4.55. The maximum Gasteiger partial charge on any atom is 0.237 e. The second kappa shape index (κ2) is 9.04. The van der Waals surface area contributed by atoms with Gasteiger partial charge in [0.25, 0.3) is 0 Å². The normalized spacial score (nSPS) is 22.5. The first-order valence-corrected chi connectivity index (χ1v) is 10.8. The summed E-state index contributed by atoms with van der Waals surface area (Å²) in [6.45, 7) is 5.25. The minimum atomic E-state index is -0.318. The Morgan fingerprint density at radius 1 is 1.20 bits per heavy atom. The molecule has 0 N–H and O–H groups in total. The molecular formula is C24H28FN3O2. The van der Waals surface area contributed by atoms with Gasteiger partial charge in [0.15, 0.2) is 5.78 Å². The van der Waals surface area contributed by atoms with E-state index in [0.717, 1.165) is 56.9 Å². The molecule has 6 heteroatoms. The number of nitrogens with zero attached hydrogens (tertiary/aromatic N) is 3. The lowest BCUT2D eigenvalue weighted by Gasteiger charge is -2.34. The van der Waals surface area contributed by atoms with E-state index in [1.165, 1.54) is 12.1 Å². The molecule has 1 aromatic rings. The highest BCUT2D eigenvalue weighted by Crippen LogP contribution is 2.26. The van der Waals surface area contributed by atoms with Gasteiger partial charge in [-0.15, -0.1) is 0 Å². The third-order valence-electron chi connectivity index (χ3n) is 6.36. The van der Waals surface area contributed by atoms with Crippen LogP contribution in [0.15, 0.2) is 53.3 Å². The molecule has 158 valence electrons. The average molecular weight is 410 g/mol. The van der Waals surface area contributed by atoms with Crippen molar-refractivity contribution in [2.45, 2.75) is 32.6 Å². The predicted molar refractivity (Wildman–Crippen MR) is 115 cm³/mol. The first-order valence-electron chi connectivity index (χ1n) is 10.8. The summed E-state index contributed by atoms with van der Waals surface area (Å²) in [4.78, 5) is 34.2. The second-order valence-corrected chi connectivity index (χ2v) is 8.34. The van der Waals surface area contributed by atoms with Gasteiger partial charge < -0.3 is 4.90 Å². The highest BCUT2D eigenvalue weighted by molar-refractivity contribution is 6.06. The van der Waals surface area contributed by atoms with Gasteiger partial charge >= 0.3 is 0 Å². The number of fused-ring (bicyclic) bond motifs is 1. The highest BCUT2D eigenvalue weighted by Gasteiger charge is 2.33. The summed E-state index contributed by atoms with van der Waals surface area (Å²) >= 11 is 0. The van der Waals surface area contributed by atoms with Crippen LogP contribution < -0.4 is 0 Å². The zero-order valence-corrected chi connectivity index (χ0v) is 17.4. The number of hydrogen-bond acceptors (Lipinski definition) is 4.